The van der Waals surface area contributed by atoms with Crippen molar-refractivity contribution in [2.24, 2.45) is 0 Å². The van der Waals surface area contributed by atoms with Crippen molar-refractivity contribution in [2.45, 2.75) is 13.1 Å². The van der Waals surface area contributed by atoms with Crippen LogP contribution in [-0.2, 0) is 13.1 Å². The summed E-state index contributed by atoms with van der Waals surface area (Å²) in [4.78, 5) is 33.1. The van der Waals surface area contributed by atoms with Gasteiger partial charge in [0.25, 0.3) is 0 Å². The minimum absolute atomic E-state index is 0.0491. The Morgan fingerprint density at radius 2 is 1.69 bits per heavy atom. The lowest BCUT2D eigenvalue weighted by Crippen LogP contribution is -2.18. The molecule has 1 aliphatic heterocycles. The number of rotatable bonds is 3. The number of hydrogen-bond donors (Lipinski definition) is 0. The molecule has 0 saturated heterocycles. The van der Waals surface area contributed by atoms with Crippen LogP contribution in [-0.4, -0.2) is 24.5 Å². The fraction of sp³-hybridized carbons (Fsp3) is 0.0741. The fourth-order valence-corrected chi connectivity index (χ4v) is 4.77. The van der Waals surface area contributed by atoms with E-state index in [-0.39, 0.29) is 5.43 Å². The average Bonchev–Trinajstić information content (AvgIpc) is 3.57. The number of hydrogen-bond acceptors (Lipinski definition) is 7. The van der Waals surface area contributed by atoms with Crippen LogP contribution in [0.25, 0.3) is 38.9 Å². The van der Waals surface area contributed by atoms with E-state index in [4.69, 9.17) is 4.42 Å². The van der Waals surface area contributed by atoms with Gasteiger partial charge >= 0.3 is 0 Å². The molecule has 0 saturated carbocycles. The van der Waals surface area contributed by atoms with Crippen LogP contribution < -0.4 is 10.3 Å². The highest BCUT2D eigenvalue weighted by Crippen LogP contribution is 2.31. The lowest BCUT2D eigenvalue weighted by Gasteiger charge is -2.18. The molecule has 0 aliphatic carbocycles. The van der Waals surface area contributed by atoms with E-state index in [0.29, 0.717) is 30.2 Å². The van der Waals surface area contributed by atoms with E-state index in [1.807, 2.05) is 47.4 Å². The Labute approximate surface area is 199 Å². The summed E-state index contributed by atoms with van der Waals surface area (Å²) < 4.78 is 7.70. The zero-order valence-corrected chi connectivity index (χ0v) is 18.5. The molecule has 0 N–H and O–H groups in total. The highest BCUT2D eigenvalue weighted by molar-refractivity contribution is 5.85. The Morgan fingerprint density at radius 1 is 0.857 bits per heavy atom. The van der Waals surface area contributed by atoms with Crippen LogP contribution in [0.3, 0.4) is 0 Å². The maximum Gasteiger partial charge on any atom is 0.225 e. The molecule has 0 radical (unpaired) electrons. The molecular formula is C27H18N6O2. The van der Waals surface area contributed by atoms with Crippen molar-refractivity contribution >= 4 is 27.8 Å². The van der Waals surface area contributed by atoms with E-state index in [9.17, 15) is 4.79 Å². The molecule has 168 valence electrons. The van der Waals surface area contributed by atoms with Crippen LogP contribution >= 0.6 is 0 Å². The first-order chi connectivity index (χ1) is 17.3. The number of nitrogens with zero attached hydrogens (tertiary/aromatic N) is 6. The number of furan rings is 1. The first-order valence-electron chi connectivity index (χ1n) is 11.2. The predicted octanol–water partition coefficient (Wildman–Crippen LogP) is 4.50. The first kappa shape index (κ1) is 19.6. The second-order valence-electron chi connectivity index (χ2n) is 8.45. The second kappa shape index (κ2) is 7.59. The van der Waals surface area contributed by atoms with Gasteiger partial charge in [-0.3, -0.25) is 4.79 Å². The van der Waals surface area contributed by atoms with Crippen LogP contribution in [0.4, 0.5) is 5.95 Å². The lowest BCUT2D eigenvalue weighted by atomic mass is 10.1. The van der Waals surface area contributed by atoms with Crippen molar-refractivity contribution in [1.82, 2.24) is 24.5 Å². The zero-order chi connectivity index (χ0) is 23.4. The van der Waals surface area contributed by atoms with E-state index >= 15 is 0 Å². The van der Waals surface area contributed by atoms with Crippen molar-refractivity contribution in [1.29, 1.82) is 0 Å². The molecule has 1 aliphatic rings. The lowest BCUT2D eigenvalue weighted by molar-refractivity contribution is 0.616. The summed E-state index contributed by atoms with van der Waals surface area (Å²) in [7, 11) is 0. The number of para-hydroxylation sites is 1. The van der Waals surface area contributed by atoms with E-state index in [0.717, 1.165) is 39.0 Å². The molecule has 35 heavy (non-hydrogen) atoms. The molecular weight excluding hydrogens is 440 g/mol. The molecule has 0 unspecified atom stereocenters. The molecule has 2 aromatic carbocycles. The quantitative estimate of drug-likeness (QED) is 0.386. The topological polar surface area (TPSA) is 89.9 Å². The molecule has 4 aromatic heterocycles. The zero-order valence-electron chi connectivity index (χ0n) is 18.5. The molecule has 8 heteroatoms. The van der Waals surface area contributed by atoms with E-state index in [2.05, 4.69) is 30.6 Å². The van der Waals surface area contributed by atoms with Crippen LogP contribution in [0.15, 0.2) is 94.9 Å². The average molecular weight is 458 g/mol. The van der Waals surface area contributed by atoms with Crippen molar-refractivity contribution in [3.05, 3.63) is 107 Å². The number of aromatic nitrogens is 5. The molecule has 8 nitrogen and oxygen atoms in total. The summed E-state index contributed by atoms with van der Waals surface area (Å²) in [6.07, 6.45) is 8.50. The summed E-state index contributed by atoms with van der Waals surface area (Å²) in [6, 6.07) is 17.5. The molecule has 0 bridgehead atoms. The monoisotopic (exact) mass is 458 g/mol. The maximum atomic E-state index is 13.5. The molecule has 0 amide bonds. The molecule has 7 rings (SSSR count). The highest BCUT2D eigenvalue weighted by Gasteiger charge is 2.28. The van der Waals surface area contributed by atoms with Gasteiger partial charge in [0.2, 0.25) is 5.95 Å². The fourth-order valence-electron chi connectivity index (χ4n) is 4.77. The van der Waals surface area contributed by atoms with Gasteiger partial charge in [0.15, 0.2) is 11.3 Å². The van der Waals surface area contributed by atoms with Crippen molar-refractivity contribution in [2.75, 3.05) is 4.90 Å². The van der Waals surface area contributed by atoms with Crippen molar-refractivity contribution in [3.8, 4) is 17.1 Å². The van der Waals surface area contributed by atoms with Gasteiger partial charge in [0.05, 0.1) is 36.1 Å². The molecule has 6 aromatic rings. The van der Waals surface area contributed by atoms with Gasteiger partial charge in [-0.1, -0.05) is 12.1 Å². The Bertz CT molecular complexity index is 1770. The van der Waals surface area contributed by atoms with Crippen LogP contribution in [0.2, 0.25) is 0 Å². The number of benzene rings is 2. The third-order valence-electron chi connectivity index (χ3n) is 6.41. The van der Waals surface area contributed by atoms with Gasteiger partial charge in [0, 0.05) is 46.8 Å². The Balaban J connectivity index is 1.35. The number of fused-ring (bicyclic) bond motifs is 3. The van der Waals surface area contributed by atoms with Gasteiger partial charge in [-0.15, -0.1) is 0 Å². The summed E-state index contributed by atoms with van der Waals surface area (Å²) in [5.74, 6) is 1.13. The molecule has 5 heterocycles. The normalized spacial score (nSPS) is 13.0. The Morgan fingerprint density at radius 3 is 2.54 bits per heavy atom. The van der Waals surface area contributed by atoms with Crippen molar-refractivity contribution < 1.29 is 4.42 Å². The van der Waals surface area contributed by atoms with Crippen LogP contribution in [0, 0.1) is 0 Å². The van der Waals surface area contributed by atoms with Gasteiger partial charge in [-0.2, -0.15) is 0 Å². The van der Waals surface area contributed by atoms with Gasteiger partial charge in [-0.05, 0) is 42.5 Å². The standard InChI is InChI=1S/C27H18N6O2/c34-25-20-4-1-2-5-22(20)33(19-6-7-24-17(12-19)8-11-35-24)23-16-32(15-21(23)25)27-30-13-18(14-31-27)26-28-9-3-10-29-26/h1-14H,15-16H2. The van der Waals surface area contributed by atoms with Gasteiger partial charge in [0.1, 0.15) is 5.58 Å². The van der Waals surface area contributed by atoms with Gasteiger partial charge < -0.3 is 13.9 Å². The SMILES string of the molecule is O=c1c2c(n(-c3ccc4occc4c3)c3ccccc13)CN(c1ncc(-c3ncccn3)cn1)C2. The second-order valence-corrected chi connectivity index (χ2v) is 8.45. The summed E-state index contributed by atoms with van der Waals surface area (Å²) in [5.41, 5.74) is 5.17. The minimum atomic E-state index is 0.0491. The number of anilines is 1. The van der Waals surface area contributed by atoms with Crippen molar-refractivity contribution in [3.63, 3.8) is 0 Å². The largest absolute Gasteiger partial charge is 0.464 e. The van der Waals surface area contributed by atoms with E-state index in [1.165, 1.54) is 0 Å². The number of pyridine rings is 1. The Hall–Kier alpha value is -4.85. The summed E-state index contributed by atoms with van der Waals surface area (Å²) in [6.45, 7) is 0.953. The van der Waals surface area contributed by atoms with Crippen LogP contribution in [0.5, 0.6) is 0 Å². The Kier molecular flexibility index (Phi) is 4.25. The van der Waals surface area contributed by atoms with Gasteiger partial charge in [-0.25, -0.2) is 19.9 Å². The summed E-state index contributed by atoms with van der Waals surface area (Å²) in [5, 5.41) is 1.70. The first-order valence-corrected chi connectivity index (χ1v) is 11.2. The predicted molar refractivity (Wildman–Crippen MR) is 132 cm³/mol. The molecule has 0 atom stereocenters. The van der Waals surface area contributed by atoms with Crippen LogP contribution in [0.1, 0.15) is 11.3 Å². The van der Waals surface area contributed by atoms with E-state index in [1.54, 1.807) is 37.1 Å². The molecule has 0 spiro atoms. The van der Waals surface area contributed by atoms with E-state index < -0.39 is 0 Å². The third kappa shape index (κ3) is 3.11. The maximum absolute atomic E-state index is 13.5. The smallest absolute Gasteiger partial charge is 0.225 e. The minimum Gasteiger partial charge on any atom is -0.464 e. The highest BCUT2D eigenvalue weighted by atomic mass is 16.3. The third-order valence-corrected chi connectivity index (χ3v) is 6.41. The summed E-state index contributed by atoms with van der Waals surface area (Å²) >= 11 is 0. The molecule has 0 fully saturated rings.